The van der Waals surface area contributed by atoms with Gasteiger partial charge in [-0.1, -0.05) is 24.6 Å². The lowest BCUT2D eigenvalue weighted by Crippen LogP contribution is -2.52. The van der Waals surface area contributed by atoms with Crippen molar-refractivity contribution in [2.24, 2.45) is 0 Å². The molecule has 2 fully saturated rings. The lowest BCUT2D eigenvalue weighted by atomic mass is 10.0. The van der Waals surface area contributed by atoms with Crippen LogP contribution >= 0.6 is 11.3 Å². The minimum absolute atomic E-state index is 0.129. The normalized spacial score (nSPS) is 18.5. The Kier molecular flexibility index (Phi) is 8.12. The number of carbonyl (C=O) groups excluding carboxylic acids is 3. The van der Waals surface area contributed by atoms with Gasteiger partial charge in [0.1, 0.15) is 21.2 Å². The molecular weight excluding hydrogens is 588 g/mol. The summed E-state index contributed by atoms with van der Waals surface area (Å²) in [6.07, 6.45) is 6.82. The van der Waals surface area contributed by atoms with Crippen LogP contribution in [-0.2, 0) is 4.79 Å². The van der Waals surface area contributed by atoms with Gasteiger partial charge in [0, 0.05) is 25.3 Å². The van der Waals surface area contributed by atoms with Crippen molar-refractivity contribution in [3.63, 3.8) is 0 Å². The Balaban J connectivity index is 1.09. The van der Waals surface area contributed by atoms with Gasteiger partial charge in [-0.3, -0.25) is 19.4 Å². The molecule has 0 radical (unpaired) electrons. The van der Waals surface area contributed by atoms with E-state index in [1.807, 2.05) is 60.4 Å². The van der Waals surface area contributed by atoms with Crippen LogP contribution in [-0.4, -0.2) is 71.4 Å². The van der Waals surface area contributed by atoms with Gasteiger partial charge in [0.2, 0.25) is 5.91 Å². The molecule has 45 heavy (non-hydrogen) atoms. The van der Waals surface area contributed by atoms with Crippen molar-refractivity contribution in [2.75, 3.05) is 42.9 Å². The largest absolute Gasteiger partial charge is 0.457 e. The molecule has 4 aromatic rings. The number of amides is 4. The highest BCUT2D eigenvalue weighted by molar-refractivity contribution is 7.21. The number of anilines is 3. The van der Waals surface area contributed by atoms with E-state index in [0.29, 0.717) is 52.2 Å². The lowest BCUT2D eigenvalue weighted by Gasteiger charge is -2.35. The predicted molar refractivity (Wildman–Crippen MR) is 176 cm³/mol. The summed E-state index contributed by atoms with van der Waals surface area (Å²) in [5.41, 5.74) is 2.71. The predicted octanol–water partition coefficient (Wildman–Crippen LogP) is 6.29. The molecule has 4 amide bonds. The Hall–Kier alpha value is -4.48. The fourth-order valence-electron chi connectivity index (χ4n) is 6.53. The molecule has 2 N–H and O–H groups in total. The Morgan fingerprint density at radius 2 is 1.82 bits per heavy atom. The summed E-state index contributed by atoms with van der Waals surface area (Å²) in [4.78, 5) is 51.7. The number of urea groups is 1. The number of aromatic nitrogens is 1. The van der Waals surface area contributed by atoms with E-state index >= 15 is 0 Å². The summed E-state index contributed by atoms with van der Waals surface area (Å²) < 4.78 is 5.99. The quantitative estimate of drug-likeness (QED) is 0.250. The van der Waals surface area contributed by atoms with Crippen molar-refractivity contribution in [1.29, 1.82) is 0 Å². The van der Waals surface area contributed by atoms with E-state index < -0.39 is 0 Å². The third-order valence-electron chi connectivity index (χ3n) is 8.76. The Morgan fingerprint density at radius 1 is 1.00 bits per heavy atom. The monoisotopic (exact) mass is 624 g/mol. The van der Waals surface area contributed by atoms with Crippen LogP contribution in [0.3, 0.4) is 0 Å². The second-order valence-corrected chi connectivity index (χ2v) is 12.9. The summed E-state index contributed by atoms with van der Waals surface area (Å²) >= 11 is 1.27. The molecule has 1 atom stereocenters. The first-order valence-electron chi connectivity index (χ1n) is 15.6. The number of rotatable bonds is 7. The first-order valence-corrected chi connectivity index (χ1v) is 16.4. The van der Waals surface area contributed by atoms with Crippen LogP contribution < -0.4 is 20.3 Å². The van der Waals surface area contributed by atoms with Gasteiger partial charge in [0.05, 0.1) is 29.0 Å². The second kappa shape index (κ2) is 12.5. The van der Waals surface area contributed by atoms with Gasteiger partial charge in [-0.05, 0) is 87.7 Å². The Labute approximate surface area is 266 Å². The summed E-state index contributed by atoms with van der Waals surface area (Å²) in [5, 5.41) is 6.88. The highest BCUT2D eigenvalue weighted by Gasteiger charge is 2.34. The Morgan fingerprint density at radius 3 is 2.62 bits per heavy atom. The molecule has 0 bridgehead atoms. The standard InChI is InChI=1S/C34H36N6O4S/c1-22-19-25(44-24-10-4-2-5-11-24)12-13-26(22)40-27-14-15-35-33-29(27)30(37-34(40)43)31(45-33)32(42)36-23-9-8-18-39(20-23)28(41)21-38-16-6-3-7-17-38/h2,4-5,10-15,19,23H,3,6-9,16-18,20-21H2,1H3,(H,36,42)(H,37,43)/t23-/m1/s1. The van der Waals surface area contributed by atoms with E-state index in [1.54, 1.807) is 17.2 Å². The van der Waals surface area contributed by atoms with Gasteiger partial charge in [0.15, 0.2) is 0 Å². The maximum atomic E-state index is 13.7. The third kappa shape index (κ3) is 5.97. The highest BCUT2D eigenvalue weighted by atomic mass is 32.1. The molecule has 0 saturated carbocycles. The summed E-state index contributed by atoms with van der Waals surface area (Å²) in [6.45, 7) is 5.53. The molecule has 11 heteroatoms. The number of pyridine rings is 1. The average molecular weight is 625 g/mol. The van der Waals surface area contributed by atoms with Crippen LogP contribution in [0.1, 0.15) is 47.3 Å². The Bertz CT molecular complexity index is 1750. The van der Waals surface area contributed by atoms with Crippen molar-refractivity contribution in [2.45, 2.75) is 45.1 Å². The number of aryl methyl sites for hydroxylation is 1. The van der Waals surface area contributed by atoms with Crippen molar-refractivity contribution in [1.82, 2.24) is 20.1 Å². The molecule has 0 aliphatic carbocycles. The minimum atomic E-state index is -0.352. The van der Waals surface area contributed by atoms with Gasteiger partial charge < -0.3 is 20.3 Å². The number of thiophene rings is 1. The molecule has 5 heterocycles. The van der Waals surface area contributed by atoms with Crippen LogP contribution in [0.2, 0.25) is 0 Å². The van der Waals surface area contributed by atoms with Gasteiger partial charge in [-0.15, -0.1) is 11.3 Å². The number of nitrogens with one attached hydrogen (secondary N) is 2. The molecule has 10 nitrogen and oxygen atoms in total. The fourth-order valence-corrected chi connectivity index (χ4v) is 7.55. The molecular formula is C34H36N6O4S. The highest BCUT2D eigenvalue weighted by Crippen LogP contribution is 2.46. The first kappa shape index (κ1) is 29.2. The number of piperidine rings is 2. The number of para-hydroxylation sites is 1. The van der Waals surface area contributed by atoms with Crippen molar-refractivity contribution in [3.05, 3.63) is 71.2 Å². The van der Waals surface area contributed by atoms with Gasteiger partial charge >= 0.3 is 6.03 Å². The van der Waals surface area contributed by atoms with Crippen molar-refractivity contribution >= 4 is 56.5 Å². The molecule has 3 aliphatic rings. The number of hydrogen-bond acceptors (Lipinski definition) is 7. The maximum Gasteiger partial charge on any atom is 0.331 e. The van der Waals surface area contributed by atoms with Crippen LogP contribution in [0.4, 0.5) is 21.9 Å². The van der Waals surface area contributed by atoms with Crippen LogP contribution in [0.5, 0.6) is 11.5 Å². The number of benzene rings is 2. The average Bonchev–Trinajstić information content (AvgIpc) is 3.42. The zero-order chi connectivity index (χ0) is 30.9. The smallest absolute Gasteiger partial charge is 0.331 e. The fraction of sp³-hybridized carbons (Fsp3) is 0.353. The molecule has 0 unspecified atom stereocenters. The SMILES string of the molecule is Cc1cc(Oc2ccccc2)ccc1N1C(=O)Nc2c(C(=O)N[C@@H]3CCCN(C(=O)CN4CCCCC4)C3)sc3nccc1c23. The van der Waals surface area contributed by atoms with E-state index in [0.717, 1.165) is 55.5 Å². The van der Waals surface area contributed by atoms with Crippen LogP contribution in [0.15, 0.2) is 60.8 Å². The van der Waals surface area contributed by atoms with Gasteiger partial charge in [0.25, 0.3) is 5.91 Å². The van der Waals surface area contributed by atoms with Crippen LogP contribution in [0, 0.1) is 6.92 Å². The second-order valence-electron chi connectivity index (χ2n) is 11.9. The van der Waals surface area contributed by atoms with Crippen LogP contribution in [0.25, 0.3) is 10.2 Å². The maximum absolute atomic E-state index is 13.7. The van der Waals surface area contributed by atoms with Crippen molar-refractivity contribution < 1.29 is 19.1 Å². The number of ether oxygens (including phenoxy) is 1. The van der Waals surface area contributed by atoms with Gasteiger partial charge in [-0.25, -0.2) is 9.78 Å². The van der Waals surface area contributed by atoms with E-state index in [2.05, 4.69) is 20.5 Å². The van der Waals surface area contributed by atoms with Crippen molar-refractivity contribution in [3.8, 4) is 11.5 Å². The summed E-state index contributed by atoms with van der Waals surface area (Å²) in [5.74, 6) is 1.27. The number of likely N-dealkylation sites (tertiary alicyclic amines) is 2. The molecule has 3 aliphatic heterocycles. The zero-order valence-corrected chi connectivity index (χ0v) is 26.1. The zero-order valence-electron chi connectivity index (χ0n) is 25.3. The molecule has 2 saturated heterocycles. The molecule has 2 aromatic heterocycles. The summed E-state index contributed by atoms with van der Waals surface area (Å²) in [7, 11) is 0. The van der Waals surface area contributed by atoms with Gasteiger partial charge in [-0.2, -0.15) is 0 Å². The third-order valence-corrected chi connectivity index (χ3v) is 9.85. The molecule has 232 valence electrons. The molecule has 0 spiro atoms. The number of carbonyl (C=O) groups is 3. The molecule has 7 rings (SSSR count). The number of nitrogens with zero attached hydrogens (tertiary/aromatic N) is 4. The lowest BCUT2D eigenvalue weighted by molar-refractivity contribution is -0.134. The number of hydrogen-bond donors (Lipinski definition) is 2. The van der Waals surface area contributed by atoms with E-state index in [-0.39, 0.29) is 23.9 Å². The topological polar surface area (TPSA) is 107 Å². The van der Waals surface area contributed by atoms with E-state index in [4.69, 9.17) is 4.74 Å². The minimum Gasteiger partial charge on any atom is -0.457 e. The summed E-state index contributed by atoms with van der Waals surface area (Å²) in [6, 6.07) is 16.5. The molecule has 2 aromatic carbocycles. The van der Waals surface area contributed by atoms with E-state index in [9.17, 15) is 14.4 Å². The van der Waals surface area contributed by atoms with E-state index in [1.165, 1.54) is 17.8 Å². The first-order chi connectivity index (χ1) is 21.9.